The van der Waals surface area contributed by atoms with E-state index >= 15 is 0 Å². The van der Waals surface area contributed by atoms with Gasteiger partial charge in [-0.3, -0.25) is 9.48 Å². The third kappa shape index (κ3) is 2.57. The normalized spacial score (nSPS) is 18.4. The largest absolute Gasteiger partial charge is 0.359 e. The number of aromatic nitrogens is 3. The van der Waals surface area contributed by atoms with E-state index in [1.54, 1.807) is 10.7 Å². The van der Waals surface area contributed by atoms with Crippen LogP contribution in [0.3, 0.4) is 0 Å². The van der Waals surface area contributed by atoms with Crippen LogP contribution in [0.1, 0.15) is 54.7 Å². The van der Waals surface area contributed by atoms with Crippen molar-refractivity contribution in [2.45, 2.75) is 45.7 Å². The quantitative estimate of drug-likeness (QED) is 0.866. The van der Waals surface area contributed by atoms with Crippen LogP contribution < -0.4 is 0 Å². The Kier molecular flexibility index (Phi) is 3.77. The number of amides is 1. The van der Waals surface area contributed by atoms with Gasteiger partial charge in [-0.25, -0.2) is 0 Å². The first-order valence-corrected chi connectivity index (χ1v) is 7.52. The molecule has 112 valence electrons. The molecule has 1 atom stereocenters. The average molecular weight is 288 g/mol. The van der Waals surface area contributed by atoms with Gasteiger partial charge in [-0.2, -0.15) is 5.10 Å². The van der Waals surface area contributed by atoms with Crippen LogP contribution in [-0.2, 0) is 13.0 Å². The Morgan fingerprint density at radius 2 is 2.33 bits per heavy atom. The second-order valence-corrected chi connectivity index (χ2v) is 5.29. The molecule has 3 rings (SSSR count). The van der Waals surface area contributed by atoms with Crippen molar-refractivity contribution in [1.29, 1.82) is 0 Å². The molecule has 0 spiro atoms. The van der Waals surface area contributed by atoms with E-state index in [9.17, 15) is 4.79 Å². The fourth-order valence-corrected chi connectivity index (χ4v) is 2.76. The summed E-state index contributed by atoms with van der Waals surface area (Å²) in [5, 5.41) is 8.33. The van der Waals surface area contributed by atoms with Crippen molar-refractivity contribution in [2.24, 2.45) is 0 Å². The summed E-state index contributed by atoms with van der Waals surface area (Å²) in [5.41, 5.74) is 1.43. The summed E-state index contributed by atoms with van der Waals surface area (Å²) in [6.45, 7) is 5.54. The van der Waals surface area contributed by atoms with Crippen LogP contribution in [0.15, 0.2) is 22.9 Å². The smallest absolute Gasteiger partial charge is 0.274 e. The van der Waals surface area contributed by atoms with Crippen molar-refractivity contribution in [3.8, 4) is 0 Å². The monoisotopic (exact) mass is 288 g/mol. The van der Waals surface area contributed by atoms with Crippen LogP contribution in [0, 0.1) is 0 Å². The van der Waals surface area contributed by atoms with Gasteiger partial charge in [-0.15, -0.1) is 0 Å². The van der Waals surface area contributed by atoms with Gasteiger partial charge in [-0.1, -0.05) is 12.1 Å². The van der Waals surface area contributed by atoms with Gasteiger partial charge in [0, 0.05) is 25.4 Å². The van der Waals surface area contributed by atoms with Gasteiger partial charge in [0.05, 0.1) is 11.7 Å². The first-order chi connectivity index (χ1) is 10.2. The van der Waals surface area contributed by atoms with Gasteiger partial charge in [-0.05, 0) is 32.3 Å². The van der Waals surface area contributed by atoms with Crippen LogP contribution in [-0.4, -0.2) is 32.3 Å². The second kappa shape index (κ2) is 5.71. The summed E-state index contributed by atoms with van der Waals surface area (Å²) in [4.78, 5) is 14.5. The number of hydrogen-bond donors (Lipinski definition) is 0. The average Bonchev–Trinajstić information content (AvgIpc) is 3.23. The lowest BCUT2D eigenvalue weighted by Crippen LogP contribution is -2.30. The van der Waals surface area contributed by atoms with Gasteiger partial charge in [0.25, 0.3) is 5.91 Å². The van der Waals surface area contributed by atoms with Gasteiger partial charge >= 0.3 is 0 Å². The van der Waals surface area contributed by atoms with Crippen molar-refractivity contribution < 1.29 is 9.32 Å². The summed E-state index contributed by atoms with van der Waals surface area (Å²) in [6, 6.07) is 3.72. The van der Waals surface area contributed by atoms with Crippen molar-refractivity contribution >= 4 is 5.91 Å². The lowest BCUT2D eigenvalue weighted by Gasteiger charge is -2.21. The maximum Gasteiger partial charge on any atom is 0.274 e. The zero-order valence-corrected chi connectivity index (χ0v) is 12.5. The number of hydrogen-bond acceptors (Lipinski definition) is 4. The molecule has 1 amide bonds. The molecule has 0 aromatic carbocycles. The molecule has 0 radical (unpaired) electrons. The van der Waals surface area contributed by atoms with E-state index in [0.717, 1.165) is 43.8 Å². The SMILES string of the molecule is CCc1cc([C@@H]2CCCN2C(=O)c2ccn(CC)n2)on1. The maximum absolute atomic E-state index is 12.6. The third-order valence-electron chi connectivity index (χ3n) is 3.97. The summed E-state index contributed by atoms with van der Waals surface area (Å²) in [7, 11) is 0. The van der Waals surface area contributed by atoms with E-state index in [1.165, 1.54) is 0 Å². The number of carbonyl (C=O) groups excluding carboxylic acids is 1. The molecule has 6 heteroatoms. The summed E-state index contributed by atoms with van der Waals surface area (Å²) >= 11 is 0. The molecule has 21 heavy (non-hydrogen) atoms. The first-order valence-electron chi connectivity index (χ1n) is 7.52. The predicted octanol–water partition coefficient (Wildman–Crippen LogP) is 2.43. The van der Waals surface area contributed by atoms with Crippen molar-refractivity contribution in [1.82, 2.24) is 19.8 Å². The minimum atomic E-state index is -0.0286. The van der Waals surface area contributed by atoms with E-state index in [2.05, 4.69) is 10.3 Å². The topological polar surface area (TPSA) is 64.2 Å². The standard InChI is InChI=1S/C15H20N4O2/c1-3-11-10-14(21-17-11)13-6-5-8-19(13)15(20)12-7-9-18(4-2)16-12/h7,9-10,13H,3-6,8H2,1-2H3/t13-/m0/s1. The zero-order chi connectivity index (χ0) is 14.8. The van der Waals surface area contributed by atoms with E-state index in [4.69, 9.17) is 4.52 Å². The Bertz CT molecular complexity index is 631. The Labute approximate surface area is 123 Å². The highest BCUT2D eigenvalue weighted by atomic mass is 16.5. The van der Waals surface area contributed by atoms with E-state index < -0.39 is 0 Å². The minimum absolute atomic E-state index is 0.0166. The minimum Gasteiger partial charge on any atom is -0.359 e. The van der Waals surface area contributed by atoms with Gasteiger partial charge in [0.15, 0.2) is 5.76 Å². The van der Waals surface area contributed by atoms with E-state index in [1.807, 2.05) is 31.0 Å². The molecule has 6 nitrogen and oxygen atoms in total. The van der Waals surface area contributed by atoms with Crippen LogP contribution in [0.2, 0.25) is 0 Å². The summed E-state index contributed by atoms with van der Waals surface area (Å²) in [6.07, 6.45) is 4.57. The molecule has 2 aromatic rings. The molecule has 0 N–H and O–H groups in total. The summed E-state index contributed by atoms with van der Waals surface area (Å²) in [5.74, 6) is 0.756. The lowest BCUT2D eigenvalue weighted by atomic mass is 10.1. The van der Waals surface area contributed by atoms with Gasteiger partial charge in [0.1, 0.15) is 5.69 Å². The number of likely N-dealkylation sites (tertiary alicyclic amines) is 1. The Hall–Kier alpha value is -2.11. The maximum atomic E-state index is 12.6. The molecule has 1 aliphatic heterocycles. The highest BCUT2D eigenvalue weighted by Crippen LogP contribution is 2.33. The zero-order valence-electron chi connectivity index (χ0n) is 12.5. The van der Waals surface area contributed by atoms with E-state index in [-0.39, 0.29) is 11.9 Å². The molecule has 1 fully saturated rings. The van der Waals surface area contributed by atoms with Crippen LogP contribution in [0.25, 0.3) is 0 Å². The molecular weight excluding hydrogens is 268 g/mol. The second-order valence-electron chi connectivity index (χ2n) is 5.29. The highest BCUT2D eigenvalue weighted by molar-refractivity contribution is 5.92. The van der Waals surface area contributed by atoms with Crippen LogP contribution in [0.4, 0.5) is 0 Å². The number of aryl methyl sites for hydroxylation is 2. The molecule has 0 aliphatic carbocycles. The third-order valence-corrected chi connectivity index (χ3v) is 3.97. The lowest BCUT2D eigenvalue weighted by molar-refractivity contribution is 0.0707. The Morgan fingerprint density at radius 3 is 3.00 bits per heavy atom. The van der Waals surface area contributed by atoms with Crippen molar-refractivity contribution in [2.75, 3.05) is 6.54 Å². The first kappa shape index (κ1) is 13.9. The van der Waals surface area contributed by atoms with Gasteiger partial charge < -0.3 is 9.42 Å². The Morgan fingerprint density at radius 1 is 1.48 bits per heavy atom. The highest BCUT2D eigenvalue weighted by Gasteiger charge is 2.34. The molecular formula is C15H20N4O2. The molecule has 0 unspecified atom stereocenters. The van der Waals surface area contributed by atoms with Crippen LogP contribution in [0.5, 0.6) is 0 Å². The summed E-state index contributed by atoms with van der Waals surface area (Å²) < 4.78 is 7.18. The van der Waals surface area contributed by atoms with Gasteiger partial charge in [0.2, 0.25) is 0 Å². The Balaban J connectivity index is 1.81. The fourth-order valence-electron chi connectivity index (χ4n) is 2.76. The van der Waals surface area contributed by atoms with Crippen molar-refractivity contribution in [3.63, 3.8) is 0 Å². The van der Waals surface area contributed by atoms with Crippen LogP contribution >= 0.6 is 0 Å². The molecule has 1 saturated heterocycles. The van der Waals surface area contributed by atoms with Crippen molar-refractivity contribution in [3.05, 3.63) is 35.5 Å². The van der Waals surface area contributed by atoms with E-state index in [0.29, 0.717) is 5.69 Å². The molecule has 3 heterocycles. The molecule has 1 aliphatic rings. The molecule has 2 aromatic heterocycles. The molecule has 0 bridgehead atoms. The number of nitrogens with zero attached hydrogens (tertiary/aromatic N) is 4. The fraction of sp³-hybridized carbons (Fsp3) is 0.533. The molecule has 0 saturated carbocycles. The predicted molar refractivity (Wildman–Crippen MR) is 76.8 cm³/mol. The number of carbonyl (C=O) groups is 1. The number of rotatable bonds is 4.